The van der Waals surface area contributed by atoms with Crippen molar-refractivity contribution in [2.75, 3.05) is 0 Å². The van der Waals surface area contributed by atoms with E-state index in [1.165, 1.54) is 5.56 Å². The van der Waals surface area contributed by atoms with Crippen molar-refractivity contribution in [1.29, 1.82) is 0 Å². The Kier molecular flexibility index (Phi) is 3.76. The molecule has 2 heterocycles. The van der Waals surface area contributed by atoms with Crippen LogP contribution in [0.15, 0.2) is 24.5 Å². The number of halogens is 1. The molecular formula is C12H15ClN4. The van der Waals surface area contributed by atoms with E-state index in [0.717, 1.165) is 24.4 Å². The van der Waals surface area contributed by atoms with E-state index in [2.05, 4.69) is 9.97 Å². The Labute approximate surface area is 105 Å². The van der Waals surface area contributed by atoms with E-state index < -0.39 is 0 Å². The lowest BCUT2D eigenvalue weighted by Crippen LogP contribution is -2.07. The van der Waals surface area contributed by atoms with E-state index in [1.807, 2.05) is 23.7 Å². The van der Waals surface area contributed by atoms with Crippen molar-refractivity contribution in [3.8, 4) is 0 Å². The van der Waals surface area contributed by atoms with Crippen molar-refractivity contribution in [3.05, 3.63) is 46.8 Å². The molecule has 0 aliphatic heterocycles. The van der Waals surface area contributed by atoms with E-state index in [4.69, 9.17) is 17.3 Å². The van der Waals surface area contributed by atoms with Crippen LogP contribution >= 0.6 is 11.6 Å². The van der Waals surface area contributed by atoms with E-state index in [1.54, 1.807) is 12.4 Å². The molecule has 0 aromatic carbocycles. The summed E-state index contributed by atoms with van der Waals surface area (Å²) in [7, 11) is 1.95. The summed E-state index contributed by atoms with van der Waals surface area (Å²) in [6.07, 6.45) is 5.37. The smallest absolute Gasteiger partial charge is 0.150 e. The number of nitrogens with zero attached hydrogens (tertiary/aromatic N) is 3. The first-order valence-electron chi connectivity index (χ1n) is 5.51. The number of pyridine rings is 1. The minimum absolute atomic E-state index is 0.408. The van der Waals surface area contributed by atoms with Crippen molar-refractivity contribution in [2.45, 2.75) is 19.4 Å². The first kappa shape index (κ1) is 12.1. The van der Waals surface area contributed by atoms with Crippen LogP contribution in [-0.2, 0) is 26.4 Å². The molecule has 0 saturated carbocycles. The van der Waals surface area contributed by atoms with Gasteiger partial charge in [0.2, 0.25) is 0 Å². The lowest BCUT2D eigenvalue weighted by molar-refractivity contribution is 0.739. The second-order valence-corrected chi connectivity index (χ2v) is 4.24. The lowest BCUT2D eigenvalue weighted by atomic mass is 10.1. The van der Waals surface area contributed by atoms with E-state index in [0.29, 0.717) is 11.7 Å². The van der Waals surface area contributed by atoms with Crippen LogP contribution in [-0.4, -0.2) is 14.5 Å². The number of hydrogen-bond donors (Lipinski definition) is 1. The van der Waals surface area contributed by atoms with Crippen molar-refractivity contribution in [1.82, 2.24) is 14.5 Å². The molecule has 90 valence electrons. The predicted octanol–water partition coefficient (Wildman–Crippen LogP) is 1.71. The van der Waals surface area contributed by atoms with Crippen molar-refractivity contribution in [2.24, 2.45) is 12.8 Å². The molecule has 2 aromatic heterocycles. The van der Waals surface area contributed by atoms with Gasteiger partial charge in [-0.3, -0.25) is 4.98 Å². The molecule has 0 atom stereocenters. The summed E-state index contributed by atoms with van der Waals surface area (Å²) in [5.74, 6) is 0.819. The van der Waals surface area contributed by atoms with Gasteiger partial charge in [0.15, 0.2) is 5.15 Å². The van der Waals surface area contributed by atoms with Gasteiger partial charge in [0.05, 0.1) is 12.2 Å². The normalized spacial score (nSPS) is 10.8. The van der Waals surface area contributed by atoms with Crippen LogP contribution in [0.1, 0.15) is 17.1 Å². The number of nitrogens with two attached hydrogens (primary N) is 1. The van der Waals surface area contributed by atoms with Crippen LogP contribution in [0.5, 0.6) is 0 Å². The molecule has 17 heavy (non-hydrogen) atoms. The van der Waals surface area contributed by atoms with Crippen LogP contribution in [0, 0.1) is 0 Å². The first-order valence-corrected chi connectivity index (χ1v) is 5.89. The van der Waals surface area contributed by atoms with Gasteiger partial charge in [0, 0.05) is 19.4 Å². The van der Waals surface area contributed by atoms with Crippen molar-refractivity contribution >= 4 is 11.6 Å². The summed E-state index contributed by atoms with van der Waals surface area (Å²) in [4.78, 5) is 8.22. The average molecular weight is 251 g/mol. The van der Waals surface area contributed by atoms with E-state index >= 15 is 0 Å². The molecule has 0 aliphatic carbocycles. The molecule has 0 spiro atoms. The number of rotatable bonds is 4. The summed E-state index contributed by atoms with van der Waals surface area (Å²) < 4.78 is 1.98. The molecule has 0 aliphatic rings. The highest BCUT2D eigenvalue weighted by Crippen LogP contribution is 2.18. The van der Waals surface area contributed by atoms with E-state index in [9.17, 15) is 0 Å². The summed E-state index contributed by atoms with van der Waals surface area (Å²) in [6, 6.07) is 4.02. The van der Waals surface area contributed by atoms with Gasteiger partial charge in [-0.15, -0.1) is 0 Å². The molecule has 2 aromatic rings. The molecule has 0 saturated heterocycles. The van der Waals surface area contributed by atoms with Crippen LogP contribution in [0.2, 0.25) is 5.15 Å². The molecule has 5 heteroatoms. The molecule has 0 amide bonds. The fraction of sp³-hybridized carbons (Fsp3) is 0.333. The Morgan fingerprint density at radius 3 is 2.59 bits per heavy atom. The fourth-order valence-corrected chi connectivity index (χ4v) is 2.13. The van der Waals surface area contributed by atoms with Crippen LogP contribution in [0.25, 0.3) is 0 Å². The minimum Gasteiger partial charge on any atom is -0.333 e. The third kappa shape index (κ3) is 2.65. The summed E-state index contributed by atoms with van der Waals surface area (Å²) in [5, 5.41) is 0.557. The maximum absolute atomic E-state index is 6.10. The third-order valence-corrected chi connectivity index (χ3v) is 3.14. The van der Waals surface area contributed by atoms with Gasteiger partial charge >= 0.3 is 0 Å². The molecule has 0 fully saturated rings. The maximum atomic E-state index is 6.10. The molecule has 2 rings (SSSR count). The average Bonchev–Trinajstić information content (AvgIpc) is 2.63. The Hall–Kier alpha value is -1.39. The second-order valence-electron chi connectivity index (χ2n) is 3.88. The van der Waals surface area contributed by atoms with E-state index in [-0.39, 0.29) is 0 Å². The highest BCUT2D eigenvalue weighted by Gasteiger charge is 2.11. The lowest BCUT2D eigenvalue weighted by Gasteiger charge is -2.05. The molecule has 0 radical (unpaired) electrons. The Balaban J connectivity index is 2.12. The Morgan fingerprint density at radius 1 is 1.29 bits per heavy atom. The third-order valence-electron chi connectivity index (χ3n) is 2.84. The van der Waals surface area contributed by atoms with Gasteiger partial charge in [-0.1, -0.05) is 11.6 Å². The number of aryl methyl sites for hydroxylation is 1. The summed E-state index contributed by atoms with van der Waals surface area (Å²) >= 11 is 6.10. The zero-order valence-electron chi connectivity index (χ0n) is 9.73. The van der Waals surface area contributed by atoms with Crippen LogP contribution in [0.4, 0.5) is 0 Å². The zero-order chi connectivity index (χ0) is 12.3. The largest absolute Gasteiger partial charge is 0.333 e. The number of aromatic nitrogens is 3. The standard InChI is InChI=1S/C12H15ClN4/c1-17-10(12(13)16-11(17)8-14)3-2-9-4-6-15-7-5-9/h4-7H,2-3,8,14H2,1H3. The fourth-order valence-electron chi connectivity index (χ4n) is 1.81. The molecule has 2 N–H and O–H groups in total. The topological polar surface area (TPSA) is 56.7 Å². The molecule has 0 unspecified atom stereocenters. The summed E-state index contributed by atoms with van der Waals surface area (Å²) in [6.45, 7) is 0.408. The van der Waals surface area contributed by atoms with Gasteiger partial charge in [0.25, 0.3) is 0 Å². The van der Waals surface area contributed by atoms with Gasteiger partial charge in [0.1, 0.15) is 5.82 Å². The highest BCUT2D eigenvalue weighted by atomic mass is 35.5. The molecule has 0 bridgehead atoms. The first-order chi connectivity index (χ1) is 8.22. The minimum atomic E-state index is 0.408. The highest BCUT2D eigenvalue weighted by molar-refractivity contribution is 6.30. The molecular weight excluding hydrogens is 236 g/mol. The number of imidazole rings is 1. The Morgan fingerprint density at radius 2 is 2.00 bits per heavy atom. The van der Waals surface area contributed by atoms with Crippen molar-refractivity contribution < 1.29 is 0 Å². The SMILES string of the molecule is Cn1c(CN)nc(Cl)c1CCc1ccncc1. The Bertz CT molecular complexity index is 493. The van der Waals surface area contributed by atoms with Gasteiger partial charge < -0.3 is 10.3 Å². The van der Waals surface area contributed by atoms with Crippen LogP contribution < -0.4 is 5.73 Å². The van der Waals surface area contributed by atoms with Gasteiger partial charge in [-0.05, 0) is 30.5 Å². The summed E-state index contributed by atoms with van der Waals surface area (Å²) in [5.41, 5.74) is 7.86. The van der Waals surface area contributed by atoms with Gasteiger partial charge in [-0.2, -0.15) is 0 Å². The zero-order valence-corrected chi connectivity index (χ0v) is 10.5. The van der Waals surface area contributed by atoms with Crippen LogP contribution in [0.3, 0.4) is 0 Å². The predicted molar refractivity (Wildman–Crippen MR) is 67.8 cm³/mol. The molecule has 4 nitrogen and oxygen atoms in total. The maximum Gasteiger partial charge on any atom is 0.150 e. The monoisotopic (exact) mass is 250 g/mol. The second kappa shape index (κ2) is 5.29. The van der Waals surface area contributed by atoms with Gasteiger partial charge in [-0.25, -0.2) is 4.98 Å². The van der Waals surface area contributed by atoms with Crippen molar-refractivity contribution in [3.63, 3.8) is 0 Å². The number of hydrogen-bond acceptors (Lipinski definition) is 3. The quantitative estimate of drug-likeness (QED) is 0.899.